The van der Waals surface area contributed by atoms with E-state index in [1.54, 1.807) is 32.3 Å². The van der Waals surface area contributed by atoms with E-state index in [1.165, 1.54) is 29.2 Å². The summed E-state index contributed by atoms with van der Waals surface area (Å²) in [5, 5.41) is 23.7. The standard InChI is InChI=1S/C17H17N5O5S/c1-22(2)17(24)27-11-5-8-14-13(9-11)15(16(23)19-14)21-20-10-3-6-12(7-4-10)28(18,25)26/h3-9,19,23H,1-2H3,(H2,18,25,26). The van der Waals surface area contributed by atoms with Gasteiger partial charge in [-0.15, -0.1) is 5.11 Å². The van der Waals surface area contributed by atoms with Gasteiger partial charge in [0.05, 0.1) is 16.1 Å². The molecule has 3 rings (SSSR count). The van der Waals surface area contributed by atoms with E-state index in [2.05, 4.69) is 15.2 Å². The molecule has 1 heterocycles. The fourth-order valence-electron chi connectivity index (χ4n) is 2.31. The first-order valence-electron chi connectivity index (χ1n) is 7.93. The average Bonchev–Trinajstić information content (AvgIpc) is 2.94. The van der Waals surface area contributed by atoms with E-state index in [-0.39, 0.29) is 22.2 Å². The SMILES string of the molecule is CN(C)C(=O)Oc1ccc2[nH]c(O)c(N=Nc3ccc(S(N)(=O)=O)cc3)c2c1. The number of fused-ring (bicyclic) bond motifs is 1. The van der Waals surface area contributed by atoms with Crippen molar-refractivity contribution in [2.45, 2.75) is 4.90 Å². The molecular weight excluding hydrogens is 386 g/mol. The van der Waals surface area contributed by atoms with Gasteiger partial charge in [0.2, 0.25) is 15.9 Å². The van der Waals surface area contributed by atoms with Crippen molar-refractivity contribution in [3.05, 3.63) is 42.5 Å². The molecular formula is C17H17N5O5S. The minimum Gasteiger partial charge on any atom is -0.493 e. The lowest BCUT2D eigenvalue weighted by molar-refractivity contribution is 0.172. The lowest BCUT2D eigenvalue weighted by Crippen LogP contribution is -2.25. The molecule has 2 aromatic carbocycles. The van der Waals surface area contributed by atoms with Gasteiger partial charge in [-0.1, -0.05) is 0 Å². The number of nitrogens with two attached hydrogens (primary N) is 1. The predicted molar refractivity (Wildman–Crippen MR) is 102 cm³/mol. The van der Waals surface area contributed by atoms with Crippen LogP contribution in [0.5, 0.6) is 11.6 Å². The van der Waals surface area contributed by atoms with Crippen molar-refractivity contribution in [1.82, 2.24) is 9.88 Å². The van der Waals surface area contributed by atoms with Gasteiger partial charge in [0.1, 0.15) is 5.75 Å². The van der Waals surface area contributed by atoms with Crippen LogP contribution >= 0.6 is 0 Å². The molecule has 11 heteroatoms. The quantitative estimate of drug-likeness (QED) is 0.572. The van der Waals surface area contributed by atoms with Crippen LogP contribution in [0.4, 0.5) is 16.2 Å². The number of aromatic amines is 1. The molecule has 1 amide bonds. The zero-order valence-corrected chi connectivity index (χ0v) is 15.8. The van der Waals surface area contributed by atoms with Crippen LogP contribution in [0.15, 0.2) is 57.6 Å². The Morgan fingerprint density at radius 3 is 2.43 bits per heavy atom. The minimum atomic E-state index is -3.80. The Bertz CT molecular complexity index is 1170. The second-order valence-corrected chi connectivity index (χ2v) is 7.59. The number of primary sulfonamides is 1. The molecule has 0 unspecified atom stereocenters. The van der Waals surface area contributed by atoms with Gasteiger partial charge in [0, 0.05) is 19.5 Å². The van der Waals surface area contributed by atoms with E-state index in [9.17, 15) is 18.3 Å². The van der Waals surface area contributed by atoms with Gasteiger partial charge in [0.25, 0.3) is 0 Å². The van der Waals surface area contributed by atoms with Gasteiger partial charge in [-0.3, -0.25) is 0 Å². The molecule has 0 fully saturated rings. The topological polar surface area (TPSA) is 150 Å². The number of rotatable bonds is 4. The van der Waals surface area contributed by atoms with Crippen molar-refractivity contribution < 1.29 is 23.1 Å². The smallest absolute Gasteiger partial charge is 0.414 e. The molecule has 1 aromatic heterocycles. The number of ether oxygens (including phenoxy) is 1. The summed E-state index contributed by atoms with van der Waals surface area (Å²) < 4.78 is 27.8. The van der Waals surface area contributed by atoms with E-state index in [1.807, 2.05) is 0 Å². The van der Waals surface area contributed by atoms with Crippen LogP contribution in [0.1, 0.15) is 0 Å². The van der Waals surface area contributed by atoms with Gasteiger partial charge in [-0.05, 0) is 42.5 Å². The number of nitrogens with zero attached hydrogens (tertiary/aromatic N) is 3. The summed E-state index contributed by atoms with van der Waals surface area (Å²) in [6.45, 7) is 0. The van der Waals surface area contributed by atoms with Crippen LogP contribution in [0.25, 0.3) is 10.9 Å². The normalized spacial score (nSPS) is 11.8. The summed E-state index contributed by atoms with van der Waals surface area (Å²) in [6, 6.07) is 10.2. The van der Waals surface area contributed by atoms with E-state index in [0.717, 1.165) is 0 Å². The van der Waals surface area contributed by atoms with Crippen molar-refractivity contribution in [3.63, 3.8) is 0 Å². The maximum Gasteiger partial charge on any atom is 0.414 e. The van der Waals surface area contributed by atoms with Gasteiger partial charge in [0.15, 0.2) is 5.69 Å². The van der Waals surface area contributed by atoms with Gasteiger partial charge in [-0.25, -0.2) is 18.4 Å². The third-order valence-electron chi connectivity index (χ3n) is 3.72. The number of aromatic hydroxyl groups is 1. The minimum absolute atomic E-state index is 0.0475. The van der Waals surface area contributed by atoms with E-state index in [0.29, 0.717) is 16.6 Å². The first-order valence-corrected chi connectivity index (χ1v) is 9.48. The average molecular weight is 403 g/mol. The number of benzene rings is 2. The molecule has 3 aromatic rings. The molecule has 4 N–H and O–H groups in total. The molecule has 0 aliphatic heterocycles. The highest BCUT2D eigenvalue weighted by atomic mass is 32.2. The van der Waals surface area contributed by atoms with Crippen LogP contribution in [-0.2, 0) is 10.0 Å². The monoisotopic (exact) mass is 403 g/mol. The molecule has 0 saturated heterocycles. The van der Waals surface area contributed by atoms with E-state index < -0.39 is 16.1 Å². The third-order valence-corrected chi connectivity index (χ3v) is 4.65. The molecule has 0 atom stereocenters. The zero-order chi connectivity index (χ0) is 20.5. The number of azo groups is 1. The summed E-state index contributed by atoms with van der Waals surface area (Å²) in [6.07, 6.45) is -0.544. The molecule has 0 aliphatic rings. The number of carbonyl (C=O) groups is 1. The highest BCUT2D eigenvalue weighted by Gasteiger charge is 2.14. The number of sulfonamides is 1. The third kappa shape index (κ3) is 4.10. The summed E-state index contributed by atoms with van der Waals surface area (Å²) in [4.78, 5) is 15.7. The van der Waals surface area contributed by atoms with Crippen LogP contribution in [0, 0.1) is 0 Å². The van der Waals surface area contributed by atoms with E-state index >= 15 is 0 Å². The Labute approximate surface area is 160 Å². The van der Waals surface area contributed by atoms with Crippen LogP contribution < -0.4 is 9.88 Å². The second-order valence-electron chi connectivity index (χ2n) is 6.03. The first kappa shape index (κ1) is 19.3. The fraction of sp³-hybridized carbons (Fsp3) is 0.118. The molecule has 0 aliphatic carbocycles. The maximum atomic E-state index is 11.7. The Morgan fingerprint density at radius 1 is 1.14 bits per heavy atom. The predicted octanol–water partition coefficient (Wildman–Crippen LogP) is 3.00. The van der Waals surface area contributed by atoms with Crippen molar-refractivity contribution in [2.24, 2.45) is 15.4 Å². The van der Waals surface area contributed by atoms with Crippen LogP contribution in [0.2, 0.25) is 0 Å². The number of hydrogen-bond acceptors (Lipinski definition) is 7. The van der Waals surface area contributed by atoms with Crippen LogP contribution in [-0.4, -0.2) is 43.6 Å². The Morgan fingerprint density at radius 2 is 1.82 bits per heavy atom. The number of H-pyrrole nitrogens is 1. The molecule has 0 saturated carbocycles. The molecule has 0 radical (unpaired) electrons. The van der Waals surface area contributed by atoms with Crippen molar-refractivity contribution in [2.75, 3.05) is 14.1 Å². The number of aromatic nitrogens is 1. The lowest BCUT2D eigenvalue weighted by atomic mass is 10.2. The number of hydrogen-bond donors (Lipinski definition) is 3. The second kappa shape index (κ2) is 7.29. The van der Waals surface area contributed by atoms with Crippen LogP contribution in [0.3, 0.4) is 0 Å². The van der Waals surface area contributed by atoms with Gasteiger partial charge in [-0.2, -0.15) is 5.11 Å². The first-order chi connectivity index (χ1) is 13.1. The molecule has 28 heavy (non-hydrogen) atoms. The fourth-order valence-corrected chi connectivity index (χ4v) is 2.83. The van der Waals surface area contributed by atoms with Crippen molar-refractivity contribution >= 4 is 38.4 Å². The molecule has 0 spiro atoms. The Balaban J connectivity index is 1.92. The van der Waals surface area contributed by atoms with Crippen molar-refractivity contribution in [3.8, 4) is 11.6 Å². The molecule has 0 bridgehead atoms. The Kier molecular flexibility index (Phi) is 5.03. The van der Waals surface area contributed by atoms with Gasteiger partial charge >= 0.3 is 6.09 Å². The highest BCUT2D eigenvalue weighted by molar-refractivity contribution is 7.89. The number of amides is 1. The largest absolute Gasteiger partial charge is 0.493 e. The van der Waals surface area contributed by atoms with Crippen molar-refractivity contribution in [1.29, 1.82) is 0 Å². The lowest BCUT2D eigenvalue weighted by Gasteiger charge is -2.10. The summed E-state index contributed by atoms with van der Waals surface area (Å²) in [5.41, 5.74) is 1.07. The molecule has 10 nitrogen and oxygen atoms in total. The zero-order valence-electron chi connectivity index (χ0n) is 14.9. The summed E-state index contributed by atoms with van der Waals surface area (Å²) >= 11 is 0. The highest BCUT2D eigenvalue weighted by Crippen LogP contribution is 2.38. The summed E-state index contributed by atoms with van der Waals surface area (Å²) in [7, 11) is -0.678. The Hall–Kier alpha value is -3.44. The number of carbonyl (C=O) groups excluding carboxylic acids is 1. The maximum absolute atomic E-state index is 11.7. The summed E-state index contributed by atoms with van der Waals surface area (Å²) in [5.74, 6) is 0.0650. The van der Waals surface area contributed by atoms with Gasteiger partial charge < -0.3 is 19.7 Å². The molecule has 146 valence electrons. The number of nitrogens with one attached hydrogen (secondary N) is 1. The van der Waals surface area contributed by atoms with E-state index in [4.69, 9.17) is 9.88 Å².